The molecule has 0 unspecified atom stereocenters. The molecule has 0 atom stereocenters. The second kappa shape index (κ2) is 8.74. The zero-order valence-corrected chi connectivity index (χ0v) is 17.2. The van der Waals surface area contributed by atoms with Crippen molar-refractivity contribution in [3.63, 3.8) is 0 Å². The highest BCUT2D eigenvalue weighted by atomic mass is 16.2. The Bertz CT molecular complexity index is 1120. The molecule has 4 aromatic rings. The Kier molecular flexibility index (Phi) is 5.70. The summed E-state index contributed by atoms with van der Waals surface area (Å²) in [4.78, 5) is 19.5. The van der Waals surface area contributed by atoms with Crippen molar-refractivity contribution >= 4 is 5.91 Å². The Morgan fingerprint density at radius 2 is 1.60 bits per heavy atom. The van der Waals surface area contributed by atoms with Crippen molar-refractivity contribution < 1.29 is 4.79 Å². The van der Waals surface area contributed by atoms with Crippen LogP contribution in [-0.2, 0) is 20.1 Å². The summed E-state index contributed by atoms with van der Waals surface area (Å²) in [6, 6.07) is 26.2. The fraction of sp³-hybridized carbons (Fsp3) is 0.160. The third-order valence-corrected chi connectivity index (χ3v) is 5.02. The summed E-state index contributed by atoms with van der Waals surface area (Å²) >= 11 is 0. The summed E-state index contributed by atoms with van der Waals surface area (Å²) in [5.74, 6) is -0.0594. The molecule has 5 nitrogen and oxygen atoms in total. The first-order valence-electron chi connectivity index (χ1n) is 9.94. The molecule has 0 aliphatic carbocycles. The van der Waals surface area contributed by atoms with Gasteiger partial charge in [-0.25, -0.2) is 0 Å². The lowest BCUT2D eigenvalue weighted by Crippen LogP contribution is -2.31. The van der Waals surface area contributed by atoms with Gasteiger partial charge in [-0.1, -0.05) is 60.7 Å². The fourth-order valence-electron chi connectivity index (χ4n) is 3.51. The van der Waals surface area contributed by atoms with Crippen LogP contribution in [0.5, 0.6) is 0 Å². The number of amides is 1. The predicted molar refractivity (Wildman–Crippen MR) is 118 cm³/mol. The van der Waals surface area contributed by atoms with Crippen molar-refractivity contribution in [2.45, 2.75) is 20.0 Å². The second-order valence-corrected chi connectivity index (χ2v) is 7.34. The molecule has 0 spiro atoms. The van der Waals surface area contributed by atoms with Crippen molar-refractivity contribution in [1.29, 1.82) is 0 Å². The van der Waals surface area contributed by atoms with Crippen molar-refractivity contribution in [2.75, 3.05) is 0 Å². The third kappa shape index (κ3) is 4.46. The Hall–Kier alpha value is -3.73. The van der Waals surface area contributed by atoms with E-state index in [9.17, 15) is 4.79 Å². The molecule has 0 N–H and O–H groups in total. The van der Waals surface area contributed by atoms with Crippen molar-refractivity contribution in [1.82, 2.24) is 19.7 Å². The van der Waals surface area contributed by atoms with Gasteiger partial charge in [-0.2, -0.15) is 5.10 Å². The van der Waals surface area contributed by atoms with Crippen molar-refractivity contribution in [2.24, 2.45) is 7.05 Å². The number of pyridine rings is 1. The van der Waals surface area contributed by atoms with Crippen LogP contribution in [0.1, 0.15) is 27.4 Å². The highest BCUT2D eigenvalue weighted by molar-refractivity contribution is 5.92. The quantitative estimate of drug-likeness (QED) is 0.477. The maximum atomic E-state index is 13.3. The molecule has 2 aromatic carbocycles. The molecule has 150 valence electrons. The highest BCUT2D eigenvalue weighted by Gasteiger charge is 2.21. The van der Waals surface area contributed by atoms with Gasteiger partial charge >= 0.3 is 0 Å². The van der Waals surface area contributed by atoms with E-state index in [0.717, 1.165) is 22.5 Å². The van der Waals surface area contributed by atoms with E-state index in [1.54, 1.807) is 17.9 Å². The van der Waals surface area contributed by atoms with Gasteiger partial charge in [0.2, 0.25) is 0 Å². The number of aryl methyl sites for hydroxylation is 2. The molecular weight excluding hydrogens is 372 g/mol. The maximum absolute atomic E-state index is 13.3. The van der Waals surface area contributed by atoms with Crippen molar-refractivity contribution in [3.8, 4) is 11.1 Å². The van der Waals surface area contributed by atoms with E-state index >= 15 is 0 Å². The molecule has 0 fully saturated rings. The topological polar surface area (TPSA) is 51.0 Å². The van der Waals surface area contributed by atoms with Gasteiger partial charge in [-0.3, -0.25) is 14.5 Å². The molecule has 0 aliphatic rings. The van der Waals surface area contributed by atoms with Crippen LogP contribution in [-0.4, -0.2) is 25.6 Å². The lowest BCUT2D eigenvalue weighted by Gasteiger charge is -2.23. The molecule has 0 radical (unpaired) electrons. The lowest BCUT2D eigenvalue weighted by molar-refractivity contribution is 0.0716. The molecule has 4 rings (SSSR count). The third-order valence-electron chi connectivity index (χ3n) is 5.02. The van der Waals surface area contributed by atoms with Gasteiger partial charge in [-0.15, -0.1) is 0 Å². The summed E-state index contributed by atoms with van der Waals surface area (Å²) < 4.78 is 1.64. The Morgan fingerprint density at radius 3 is 2.23 bits per heavy atom. The summed E-state index contributed by atoms with van der Waals surface area (Å²) in [7, 11) is 1.80. The molecule has 0 saturated carbocycles. The molecule has 5 heteroatoms. The van der Waals surface area contributed by atoms with E-state index in [-0.39, 0.29) is 5.91 Å². The van der Waals surface area contributed by atoms with Crippen LogP contribution in [0, 0.1) is 6.92 Å². The molecule has 2 aromatic heterocycles. The lowest BCUT2D eigenvalue weighted by atomic mass is 10.0. The van der Waals surface area contributed by atoms with Gasteiger partial charge in [0.1, 0.15) is 5.69 Å². The molecule has 30 heavy (non-hydrogen) atoms. The minimum atomic E-state index is -0.0594. The molecule has 0 bridgehead atoms. The Balaban J connectivity index is 1.59. The highest BCUT2D eigenvalue weighted by Crippen LogP contribution is 2.21. The summed E-state index contributed by atoms with van der Waals surface area (Å²) in [5, 5.41) is 4.33. The van der Waals surface area contributed by atoms with Crippen LogP contribution in [0.4, 0.5) is 0 Å². The zero-order valence-electron chi connectivity index (χ0n) is 17.2. The van der Waals surface area contributed by atoms with Gasteiger partial charge < -0.3 is 4.90 Å². The summed E-state index contributed by atoms with van der Waals surface area (Å²) in [6.07, 6.45) is 1.75. The second-order valence-electron chi connectivity index (χ2n) is 7.34. The van der Waals surface area contributed by atoms with Gasteiger partial charge in [0, 0.05) is 19.8 Å². The fourth-order valence-corrected chi connectivity index (χ4v) is 3.51. The van der Waals surface area contributed by atoms with E-state index < -0.39 is 0 Å². The van der Waals surface area contributed by atoms with Crippen LogP contribution in [0.25, 0.3) is 11.1 Å². The Labute approximate surface area is 176 Å². The van der Waals surface area contributed by atoms with E-state index in [1.807, 2.05) is 54.3 Å². The van der Waals surface area contributed by atoms with Gasteiger partial charge in [-0.05, 0) is 41.8 Å². The summed E-state index contributed by atoms with van der Waals surface area (Å²) in [5.41, 5.74) is 5.65. The SMILES string of the molecule is Cc1cc(C(=O)N(Cc2ccc(-c3ccccc3)cc2)Cc2ccccn2)n(C)n1. The van der Waals surface area contributed by atoms with Gasteiger partial charge in [0.25, 0.3) is 5.91 Å². The Morgan fingerprint density at radius 1 is 0.900 bits per heavy atom. The number of hydrogen-bond donors (Lipinski definition) is 0. The van der Waals surface area contributed by atoms with E-state index in [4.69, 9.17) is 0 Å². The summed E-state index contributed by atoms with van der Waals surface area (Å²) in [6.45, 7) is 2.82. The average molecular weight is 396 g/mol. The first kappa shape index (κ1) is 19.6. The smallest absolute Gasteiger partial charge is 0.272 e. The van der Waals surface area contributed by atoms with Crippen LogP contribution < -0.4 is 0 Å². The molecule has 1 amide bonds. The van der Waals surface area contributed by atoms with E-state index in [0.29, 0.717) is 18.8 Å². The van der Waals surface area contributed by atoms with Crippen LogP contribution in [0.15, 0.2) is 85.1 Å². The van der Waals surface area contributed by atoms with Crippen LogP contribution >= 0.6 is 0 Å². The number of nitrogens with zero attached hydrogens (tertiary/aromatic N) is 4. The van der Waals surface area contributed by atoms with Crippen molar-refractivity contribution in [3.05, 3.63) is 108 Å². The number of hydrogen-bond acceptors (Lipinski definition) is 3. The number of aromatic nitrogens is 3. The first-order valence-corrected chi connectivity index (χ1v) is 9.94. The maximum Gasteiger partial charge on any atom is 0.272 e. The normalized spacial score (nSPS) is 10.7. The number of rotatable bonds is 6. The van der Waals surface area contributed by atoms with Crippen LogP contribution in [0.2, 0.25) is 0 Å². The minimum Gasteiger partial charge on any atom is -0.327 e. The molecular formula is C25H24N4O. The zero-order chi connectivity index (χ0) is 20.9. The predicted octanol–water partition coefficient (Wildman–Crippen LogP) is 4.63. The standard InChI is InChI=1S/C25H24N4O/c1-19-16-24(28(2)27-19)25(30)29(18-23-10-6-7-15-26-23)17-20-11-13-22(14-12-20)21-8-4-3-5-9-21/h3-16H,17-18H2,1-2H3. The van der Waals surface area contributed by atoms with Crippen LogP contribution in [0.3, 0.4) is 0 Å². The van der Waals surface area contributed by atoms with Gasteiger partial charge in [0.15, 0.2) is 0 Å². The molecule has 0 aliphatic heterocycles. The molecule has 0 saturated heterocycles. The first-order chi connectivity index (χ1) is 14.6. The monoisotopic (exact) mass is 396 g/mol. The minimum absolute atomic E-state index is 0.0594. The number of carbonyl (C=O) groups is 1. The van der Waals surface area contributed by atoms with E-state index in [1.165, 1.54) is 5.56 Å². The largest absolute Gasteiger partial charge is 0.327 e. The number of carbonyl (C=O) groups excluding carboxylic acids is 1. The van der Waals surface area contributed by atoms with E-state index in [2.05, 4.69) is 46.5 Å². The number of benzene rings is 2. The van der Waals surface area contributed by atoms with Gasteiger partial charge in [0.05, 0.1) is 17.9 Å². The average Bonchev–Trinajstić information content (AvgIpc) is 3.12. The molecule has 2 heterocycles.